The van der Waals surface area contributed by atoms with E-state index in [2.05, 4.69) is 4.98 Å². The molecule has 0 aliphatic carbocycles. The van der Waals surface area contributed by atoms with Crippen molar-refractivity contribution in [2.24, 2.45) is 0 Å². The zero-order valence-electron chi connectivity index (χ0n) is 14.5. The maximum Gasteiger partial charge on any atom is 0.326 e. The van der Waals surface area contributed by atoms with Gasteiger partial charge in [-0.3, -0.25) is 4.79 Å². The van der Waals surface area contributed by atoms with Crippen molar-refractivity contribution in [2.75, 3.05) is 0 Å². The summed E-state index contributed by atoms with van der Waals surface area (Å²) in [6, 6.07) is 11.5. The Morgan fingerprint density at radius 2 is 1.80 bits per heavy atom. The summed E-state index contributed by atoms with van der Waals surface area (Å²) in [7, 11) is 0. The number of aromatic nitrogens is 1. The quantitative estimate of drug-likeness (QED) is 0.837. The minimum atomic E-state index is -1.06. The second kappa shape index (κ2) is 8.28. The van der Waals surface area contributed by atoms with Gasteiger partial charge in [-0.2, -0.15) is 0 Å². The molecule has 2 rings (SSSR count). The molecule has 0 spiro atoms. The molecule has 1 aromatic carbocycles. The first-order chi connectivity index (χ1) is 11.9. The van der Waals surface area contributed by atoms with E-state index in [0.717, 1.165) is 5.56 Å². The summed E-state index contributed by atoms with van der Waals surface area (Å²) in [5.41, 5.74) is 1.18. The van der Waals surface area contributed by atoms with Gasteiger partial charge in [0.1, 0.15) is 6.04 Å². The van der Waals surface area contributed by atoms with Gasteiger partial charge >= 0.3 is 5.97 Å². The van der Waals surface area contributed by atoms with Crippen molar-refractivity contribution in [1.29, 1.82) is 0 Å². The fourth-order valence-electron chi connectivity index (χ4n) is 2.28. The number of aliphatic carboxylic acids is 1. The van der Waals surface area contributed by atoms with Crippen LogP contribution in [0.5, 0.6) is 5.88 Å². The van der Waals surface area contributed by atoms with E-state index in [9.17, 15) is 14.7 Å². The molecule has 0 fully saturated rings. The average molecular weight is 342 g/mol. The monoisotopic (exact) mass is 342 g/mol. The van der Waals surface area contributed by atoms with E-state index in [1.807, 2.05) is 44.2 Å². The number of hydrogen-bond acceptors (Lipinski definition) is 4. The molecular formula is C19H22N2O4. The number of carboxylic acids is 1. The van der Waals surface area contributed by atoms with Crippen molar-refractivity contribution in [1.82, 2.24) is 9.88 Å². The number of carbonyl (C=O) groups is 2. The Bertz CT molecular complexity index is 714. The van der Waals surface area contributed by atoms with Crippen LogP contribution >= 0.6 is 0 Å². The Hall–Kier alpha value is -2.89. The number of amides is 1. The lowest BCUT2D eigenvalue weighted by Gasteiger charge is -2.26. The number of pyridine rings is 1. The Labute approximate surface area is 147 Å². The molecule has 1 unspecified atom stereocenters. The van der Waals surface area contributed by atoms with Crippen LogP contribution in [0.15, 0.2) is 48.7 Å². The highest BCUT2D eigenvalue weighted by Crippen LogP contribution is 2.16. The minimum absolute atomic E-state index is 0.0179. The van der Waals surface area contributed by atoms with Crippen LogP contribution in [0.1, 0.15) is 36.7 Å². The first-order valence-corrected chi connectivity index (χ1v) is 8.09. The molecule has 6 heteroatoms. The standard InChI is InChI=1S/C19H22N2O4/c1-13(2)25-17-10-9-16(11-20-17)18(22)21(14(3)19(23)24)12-15-7-5-4-6-8-15/h4-11,13-14H,12H2,1-3H3,(H,23,24). The van der Waals surface area contributed by atoms with Crippen LogP contribution in [-0.2, 0) is 11.3 Å². The van der Waals surface area contributed by atoms with E-state index in [1.165, 1.54) is 18.0 Å². The van der Waals surface area contributed by atoms with Crippen LogP contribution in [0.3, 0.4) is 0 Å². The third kappa shape index (κ3) is 5.04. The molecule has 1 atom stereocenters. The zero-order chi connectivity index (χ0) is 18.4. The molecule has 1 aromatic heterocycles. The lowest BCUT2D eigenvalue weighted by atomic mass is 10.1. The highest BCUT2D eigenvalue weighted by atomic mass is 16.5. The number of benzene rings is 1. The molecule has 132 valence electrons. The first-order valence-electron chi connectivity index (χ1n) is 8.09. The highest BCUT2D eigenvalue weighted by Gasteiger charge is 2.27. The van der Waals surface area contributed by atoms with E-state index in [4.69, 9.17) is 4.74 Å². The van der Waals surface area contributed by atoms with Crippen molar-refractivity contribution in [3.63, 3.8) is 0 Å². The smallest absolute Gasteiger partial charge is 0.326 e. The lowest BCUT2D eigenvalue weighted by molar-refractivity contribution is -0.141. The first kappa shape index (κ1) is 18.4. The molecular weight excluding hydrogens is 320 g/mol. The topological polar surface area (TPSA) is 79.7 Å². The molecule has 1 amide bonds. The summed E-state index contributed by atoms with van der Waals surface area (Å²) < 4.78 is 5.46. The van der Waals surface area contributed by atoms with Gasteiger partial charge in [0.05, 0.1) is 11.7 Å². The molecule has 0 saturated heterocycles. The second-order valence-electron chi connectivity index (χ2n) is 5.98. The number of hydrogen-bond donors (Lipinski definition) is 1. The fraction of sp³-hybridized carbons (Fsp3) is 0.316. The summed E-state index contributed by atoms with van der Waals surface area (Å²) in [4.78, 5) is 29.7. The van der Waals surface area contributed by atoms with E-state index in [-0.39, 0.29) is 18.6 Å². The molecule has 0 aliphatic heterocycles. The van der Waals surface area contributed by atoms with Crippen LogP contribution in [0.4, 0.5) is 0 Å². The molecule has 1 heterocycles. The van der Waals surface area contributed by atoms with Gasteiger partial charge in [0.2, 0.25) is 5.88 Å². The maximum absolute atomic E-state index is 12.8. The summed E-state index contributed by atoms with van der Waals surface area (Å²) in [5, 5.41) is 9.34. The van der Waals surface area contributed by atoms with Gasteiger partial charge in [-0.25, -0.2) is 9.78 Å². The van der Waals surface area contributed by atoms with Crippen LogP contribution in [0, 0.1) is 0 Å². The van der Waals surface area contributed by atoms with Crippen molar-refractivity contribution < 1.29 is 19.4 Å². The Kier molecular flexibility index (Phi) is 6.11. The third-order valence-electron chi connectivity index (χ3n) is 3.62. The molecule has 1 N–H and O–H groups in total. The van der Waals surface area contributed by atoms with Crippen molar-refractivity contribution in [3.8, 4) is 5.88 Å². The number of rotatable bonds is 7. The maximum atomic E-state index is 12.8. The van der Waals surface area contributed by atoms with Gasteiger partial charge in [0.25, 0.3) is 5.91 Å². The molecule has 6 nitrogen and oxygen atoms in total. The SMILES string of the molecule is CC(C)Oc1ccc(C(=O)N(Cc2ccccc2)C(C)C(=O)O)cn1. The predicted molar refractivity (Wildman–Crippen MR) is 93.4 cm³/mol. The lowest BCUT2D eigenvalue weighted by Crippen LogP contribution is -2.42. The number of carbonyl (C=O) groups excluding carboxylic acids is 1. The van der Waals surface area contributed by atoms with E-state index >= 15 is 0 Å². The highest BCUT2D eigenvalue weighted by molar-refractivity contribution is 5.96. The zero-order valence-corrected chi connectivity index (χ0v) is 14.5. The summed E-state index contributed by atoms with van der Waals surface area (Å²) in [6.07, 6.45) is 1.39. The molecule has 0 saturated carbocycles. The van der Waals surface area contributed by atoms with Crippen molar-refractivity contribution >= 4 is 11.9 Å². The van der Waals surface area contributed by atoms with E-state index in [1.54, 1.807) is 12.1 Å². The summed E-state index contributed by atoms with van der Waals surface area (Å²) >= 11 is 0. The fourth-order valence-corrected chi connectivity index (χ4v) is 2.28. The Balaban J connectivity index is 2.23. The summed E-state index contributed by atoms with van der Waals surface area (Å²) in [6.45, 7) is 5.47. The predicted octanol–water partition coefficient (Wildman–Crippen LogP) is 2.98. The van der Waals surface area contributed by atoms with Crippen LogP contribution in [0.2, 0.25) is 0 Å². The van der Waals surface area contributed by atoms with Gasteiger partial charge in [0, 0.05) is 18.8 Å². The molecule has 0 radical (unpaired) electrons. The molecule has 0 bridgehead atoms. The van der Waals surface area contributed by atoms with Gasteiger partial charge in [-0.1, -0.05) is 30.3 Å². The Morgan fingerprint density at radius 3 is 2.32 bits per heavy atom. The van der Waals surface area contributed by atoms with Crippen molar-refractivity contribution in [2.45, 2.75) is 39.5 Å². The minimum Gasteiger partial charge on any atom is -0.480 e. The van der Waals surface area contributed by atoms with Gasteiger partial charge in [-0.15, -0.1) is 0 Å². The van der Waals surface area contributed by atoms with Crippen molar-refractivity contribution in [3.05, 3.63) is 59.8 Å². The second-order valence-corrected chi connectivity index (χ2v) is 5.98. The molecule has 2 aromatic rings. The van der Waals surface area contributed by atoms with E-state index in [0.29, 0.717) is 11.4 Å². The number of ether oxygens (including phenoxy) is 1. The van der Waals surface area contributed by atoms with Crippen LogP contribution in [0.25, 0.3) is 0 Å². The third-order valence-corrected chi connectivity index (χ3v) is 3.62. The molecule has 0 aliphatic rings. The van der Waals surface area contributed by atoms with Gasteiger partial charge in [0.15, 0.2) is 0 Å². The van der Waals surface area contributed by atoms with Crippen LogP contribution in [-0.4, -0.2) is 39.0 Å². The average Bonchev–Trinajstić information content (AvgIpc) is 2.59. The Morgan fingerprint density at radius 1 is 1.12 bits per heavy atom. The number of carboxylic acid groups (broad SMARTS) is 1. The summed E-state index contributed by atoms with van der Waals surface area (Å²) in [5.74, 6) is -1.02. The van der Waals surface area contributed by atoms with E-state index < -0.39 is 12.0 Å². The number of nitrogens with zero attached hydrogens (tertiary/aromatic N) is 2. The van der Waals surface area contributed by atoms with Gasteiger partial charge < -0.3 is 14.7 Å². The normalized spacial score (nSPS) is 11.8. The molecule has 25 heavy (non-hydrogen) atoms. The largest absolute Gasteiger partial charge is 0.480 e. The van der Waals surface area contributed by atoms with Crippen LogP contribution < -0.4 is 4.74 Å². The van der Waals surface area contributed by atoms with Gasteiger partial charge in [-0.05, 0) is 32.4 Å².